The van der Waals surface area contributed by atoms with E-state index in [1.165, 1.54) is 44.6 Å². The SMILES string of the molecule is C[C@@H]1CC[C@H]([C@H](NC(=O)c2cc(C3CC3)c(OCC34CC5CC(CC(C5)C3)C4)cc2F)C(=O)O)C1. The zero-order valence-corrected chi connectivity index (χ0v) is 20.7. The smallest absolute Gasteiger partial charge is 0.326 e. The maximum atomic E-state index is 15.3. The first-order valence-corrected chi connectivity index (χ1v) is 13.8. The van der Waals surface area contributed by atoms with Crippen LogP contribution < -0.4 is 10.1 Å². The van der Waals surface area contributed by atoms with E-state index in [-0.39, 0.29) is 16.9 Å². The number of hydrogen-bond acceptors (Lipinski definition) is 3. The molecule has 0 aromatic heterocycles. The molecule has 4 bridgehead atoms. The van der Waals surface area contributed by atoms with Gasteiger partial charge in [-0.05, 0) is 111 Å². The molecular weight excluding hydrogens is 445 g/mol. The fourth-order valence-corrected chi connectivity index (χ4v) is 8.44. The number of benzene rings is 1. The van der Waals surface area contributed by atoms with E-state index in [1.54, 1.807) is 6.07 Å². The molecule has 6 aliphatic rings. The van der Waals surface area contributed by atoms with E-state index in [1.807, 2.05) is 0 Å². The molecule has 35 heavy (non-hydrogen) atoms. The summed E-state index contributed by atoms with van der Waals surface area (Å²) in [5, 5.41) is 12.4. The van der Waals surface area contributed by atoms with E-state index < -0.39 is 23.7 Å². The number of carbonyl (C=O) groups is 2. The van der Waals surface area contributed by atoms with Crippen LogP contribution in [0.5, 0.6) is 5.75 Å². The van der Waals surface area contributed by atoms with Crippen molar-refractivity contribution in [1.29, 1.82) is 0 Å². The van der Waals surface area contributed by atoms with Gasteiger partial charge in [-0.3, -0.25) is 4.79 Å². The Hall–Kier alpha value is -2.11. The molecule has 0 aliphatic heterocycles. The van der Waals surface area contributed by atoms with Crippen molar-refractivity contribution in [3.8, 4) is 5.75 Å². The van der Waals surface area contributed by atoms with E-state index in [4.69, 9.17) is 4.74 Å². The van der Waals surface area contributed by atoms with E-state index in [2.05, 4.69) is 12.2 Å². The van der Waals surface area contributed by atoms with Gasteiger partial charge >= 0.3 is 5.97 Å². The lowest BCUT2D eigenvalue weighted by molar-refractivity contribution is -0.140. The van der Waals surface area contributed by atoms with Crippen LogP contribution in [0.1, 0.15) is 99.4 Å². The highest BCUT2D eigenvalue weighted by molar-refractivity contribution is 5.97. The normalized spacial score (nSPS) is 36.2. The number of hydrogen-bond donors (Lipinski definition) is 2. The minimum atomic E-state index is -1.05. The molecule has 1 aromatic carbocycles. The van der Waals surface area contributed by atoms with Crippen molar-refractivity contribution >= 4 is 11.9 Å². The molecule has 6 aliphatic carbocycles. The molecule has 1 aromatic rings. The lowest BCUT2D eigenvalue weighted by atomic mass is 9.50. The Morgan fingerprint density at radius 2 is 1.71 bits per heavy atom. The monoisotopic (exact) mass is 483 g/mol. The second-order valence-electron chi connectivity index (χ2n) is 12.8. The summed E-state index contributed by atoms with van der Waals surface area (Å²) >= 11 is 0. The molecule has 6 fully saturated rings. The average molecular weight is 484 g/mol. The Labute approximate surface area is 207 Å². The number of aliphatic carboxylic acids is 1. The second kappa shape index (κ2) is 8.77. The van der Waals surface area contributed by atoms with Crippen molar-refractivity contribution in [3.05, 3.63) is 29.1 Å². The fraction of sp³-hybridized carbons (Fsp3) is 0.724. The molecule has 0 heterocycles. The first-order chi connectivity index (χ1) is 16.8. The summed E-state index contributed by atoms with van der Waals surface area (Å²) in [6, 6.07) is 2.03. The molecular formula is C29H38FNO4. The molecule has 6 saturated carbocycles. The zero-order valence-electron chi connectivity index (χ0n) is 20.7. The molecule has 0 radical (unpaired) electrons. The van der Waals surface area contributed by atoms with Gasteiger partial charge in [-0.2, -0.15) is 0 Å². The lowest BCUT2D eigenvalue weighted by Crippen LogP contribution is -2.48. The molecule has 190 valence electrons. The summed E-state index contributed by atoms with van der Waals surface area (Å²) in [6.45, 7) is 2.74. The van der Waals surface area contributed by atoms with E-state index >= 15 is 4.39 Å². The van der Waals surface area contributed by atoms with Crippen LogP contribution >= 0.6 is 0 Å². The summed E-state index contributed by atoms with van der Waals surface area (Å²) in [5.74, 6) is 1.40. The molecule has 3 atom stereocenters. The number of carboxylic acid groups (broad SMARTS) is 1. The number of carbonyl (C=O) groups excluding carboxylic acids is 1. The number of nitrogens with one attached hydrogen (secondary N) is 1. The van der Waals surface area contributed by atoms with E-state index in [0.717, 1.165) is 55.4 Å². The summed E-state index contributed by atoms with van der Waals surface area (Å²) in [5.41, 5.74) is 1.07. The molecule has 5 nitrogen and oxygen atoms in total. The van der Waals surface area contributed by atoms with Crippen molar-refractivity contribution in [2.45, 2.75) is 89.5 Å². The molecule has 0 spiro atoms. The third-order valence-electron chi connectivity index (χ3n) is 9.82. The van der Waals surface area contributed by atoms with Gasteiger partial charge in [0, 0.05) is 11.5 Å². The Morgan fingerprint density at radius 1 is 1.06 bits per heavy atom. The summed E-state index contributed by atoms with van der Waals surface area (Å²) in [4.78, 5) is 25.0. The third kappa shape index (κ3) is 4.58. The van der Waals surface area contributed by atoms with Crippen LogP contribution in [0.2, 0.25) is 0 Å². The number of carboxylic acids is 1. The van der Waals surface area contributed by atoms with Gasteiger partial charge in [0.1, 0.15) is 17.6 Å². The van der Waals surface area contributed by atoms with Crippen molar-refractivity contribution in [2.75, 3.05) is 6.61 Å². The van der Waals surface area contributed by atoms with Gasteiger partial charge in [0.2, 0.25) is 0 Å². The maximum Gasteiger partial charge on any atom is 0.326 e. The number of rotatable bonds is 8. The first kappa shape index (κ1) is 23.3. The van der Waals surface area contributed by atoms with E-state index in [0.29, 0.717) is 24.2 Å². The molecule has 0 unspecified atom stereocenters. The van der Waals surface area contributed by atoms with Crippen LogP contribution in [0.3, 0.4) is 0 Å². The quantitative estimate of drug-likeness (QED) is 0.481. The van der Waals surface area contributed by atoms with Gasteiger partial charge in [0.25, 0.3) is 5.91 Å². The Balaban J connectivity index is 1.19. The minimum Gasteiger partial charge on any atom is -0.493 e. The van der Waals surface area contributed by atoms with Crippen LogP contribution in [0.15, 0.2) is 12.1 Å². The first-order valence-electron chi connectivity index (χ1n) is 13.8. The summed E-state index contributed by atoms with van der Waals surface area (Å²) in [6.07, 6.45) is 12.4. The number of halogens is 1. The van der Waals surface area contributed by atoms with Gasteiger partial charge in [0.15, 0.2) is 0 Å². The van der Waals surface area contributed by atoms with Crippen molar-refractivity contribution in [1.82, 2.24) is 5.32 Å². The van der Waals surface area contributed by atoms with Crippen LogP contribution in [-0.4, -0.2) is 29.6 Å². The molecule has 7 rings (SSSR count). The van der Waals surface area contributed by atoms with Crippen LogP contribution in [0.4, 0.5) is 4.39 Å². The number of ether oxygens (including phenoxy) is 1. The molecule has 2 N–H and O–H groups in total. The average Bonchev–Trinajstić information content (AvgIpc) is 3.55. The minimum absolute atomic E-state index is 0.0636. The Morgan fingerprint density at radius 3 is 2.26 bits per heavy atom. The predicted octanol–water partition coefficient (Wildman–Crippen LogP) is 5.92. The second-order valence-corrected chi connectivity index (χ2v) is 12.8. The van der Waals surface area contributed by atoms with E-state index in [9.17, 15) is 14.7 Å². The number of amides is 1. The van der Waals surface area contributed by atoms with Gasteiger partial charge in [-0.15, -0.1) is 0 Å². The highest BCUT2D eigenvalue weighted by Crippen LogP contribution is 2.60. The lowest BCUT2D eigenvalue weighted by Gasteiger charge is -2.56. The third-order valence-corrected chi connectivity index (χ3v) is 9.82. The highest BCUT2D eigenvalue weighted by Gasteiger charge is 2.51. The predicted molar refractivity (Wildman–Crippen MR) is 130 cm³/mol. The van der Waals surface area contributed by atoms with Crippen LogP contribution in [0.25, 0.3) is 0 Å². The van der Waals surface area contributed by atoms with Gasteiger partial charge in [-0.1, -0.05) is 13.3 Å². The van der Waals surface area contributed by atoms with Crippen LogP contribution in [-0.2, 0) is 4.79 Å². The fourth-order valence-electron chi connectivity index (χ4n) is 8.44. The Bertz CT molecular complexity index is 983. The van der Waals surface area contributed by atoms with Gasteiger partial charge < -0.3 is 15.2 Å². The Kier molecular flexibility index (Phi) is 5.84. The zero-order chi connectivity index (χ0) is 24.3. The molecule has 0 saturated heterocycles. The molecule has 1 amide bonds. The van der Waals surface area contributed by atoms with Gasteiger partial charge in [0.05, 0.1) is 12.2 Å². The highest BCUT2D eigenvalue weighted by atomic mass is 19.1. The summed E-state index contributed by atoms with van der Waals surface area (Å²) < 4.78 is 21.6. The largest absolute Gasteiger partial charge is 0.493 e. The standard InChI is InChI=1S/C29H38FNO4/c1-16-2-3-21(6-16)26(28(33)34)31-27(32)23-10-22(20-4-5-20)25(11-24(23)30)35-15-29-12-17-7-18(13-29)9-19(8-17)14-29/h10-11,16-21,26H,2-9,12-15H2,1H3,(H,31,32)(H,33,34)/t16-,17?,18?,19?,21+,26+,29?/m1/s1. The van der Waals surface area contributed by atoms with Crippen molar-refractivity contribution < 1.29 is 23.8 Å². The van der Waals surface area contributed by atoms with Gasteiger partial charge in [-0.25, -0.2) is 9.18 Å². The topological polar surface area (TPSA) is 75.6 Å². The van der Waals surface area contributed by atoms with Crippen molar-refractivity contribution in [3.63, 3.8) is 0 Å². The maximum absolute atomic E-state index is 15.3. The molecule has 6 heteroatoms. The van der Waals surface area contributed by atoms with Crippen molar-refractivity contribution in [2.24, 2.45) is 35.0 Å². The van der Waals surface area contributed by atoms with Crippen LogP contribution in [0, 0.1) is 40.8 Å². The summed E-state index contributed by atoms with van der Waals surface area (Å²) in [7, 11) is 0.